The third-order valence-electron chi connectivity index (χ3n) is 3.04. The topological polar surface area (TPSA) is 102 Å². The van der Waals surface area contributed by atoms with Gasteiger partial charge < -0.3 is 15.2 Å². The van der Waals surface area contributed by atoms with Gasteiger partial charge in [0.1, 0.15) is 11.5 Å². The van der Waals surface area contributed by atoms with Crippen LogP contribution in [0.3, 0.4) is 0 Å². The minimum absolute atomic E-state index is 0.111. The van der Waals surface area contributed by atoms with Crippen LogP contribution >= 0.6 is 0 Å². The second kappa shape index (κ2) is 6.13. The summed E-state index contributed by atoms with van der Waals surface area (Å²) in [6.07, 6.45) is 0. The molecule has 114 valence electrons. The number of aromatic hydroxyl groups is 1. The number of carbonyl (C=O) groups is 1. The molecule has 0 heterocycles. The normalized spacial score (nSPS) is 10.1. The molecule has 0 aliphatic rings. The molecule has 2 aromatic carbocycles. The van der Waals surface area contributed by atoms with Gasteiger partial charge in [-0.1, -0.05) is 11.6 Å². The van der Waals surface area contributed by atoms with Crippen LogP contribution in [-0.2, 0) is 0 Å². The summed E-state index contributed by atoms with van der Waals surface area (Å²) in [7, 11) is 1.35. The molecular weight excluding hydrogens is 288 g/mol. The number of benzene rings is 2. The molecule has 22 heavy (non-hydrogen) atoms. The number of aryl methyl sites for hydroxylation is 1. The number of anilines is 1. The summed E-state index contributed by atoms with van der Waals surface area (Å²) < 4.78 is 5.05. The van der Waals surface area contributed by atoms with E-state index in [9.17, 15) is 20.0 Å². The fraction of sp³-hybridized carbons (Fsp3) is 0.133. The summed E-state index contributed by atoms with van der Waals surface area (Å²) in [5.41, 5.74) is 1.06. The highest BCUT2D eigenvalue weighted by Gasteiger charge is 2.16. The van der Waals surface area contributed by atoms with Crippen molar-refractivity contribution in [2.75, 3.05) is 12.4 Å². The van der Waals surface area contributed by atoms with Gasteiger partial charge in [-0.25, -0.2) is 0 Å². The van der Waals surface area contributed by atoms with Gasteiger partial charge in [0.15, 0.2) is 0 Å². The largest absolute Gasteiger partial charge is 0.507 e. The molecule has 7 heteroatoms. The average Bonchev–Trinajstić information content (AvgIpc) is 2.49. The van der Waals surface area contributed by atoms with Gasteiger partial charge in [0.25, 0.3) is 11.6 Å². The highest BCUT2D eigenvalue weighted by molar-refractivity contribution is 6.07. The van der Waals surface area contributed by atoms with E-state index < -0.39 is 10.8 Å². The first-order valence-corrected chi connectivity index (χ1v) is 6.35. The molecule has 2 aromatic rings. The van der Waals surface area contributed by atoms with E-state index in [2.05, 4.69) is 5.32 Å². The fourth-order valence-corrected chi connectivity index (χ4v) is 1.92. The Morgan fingerprint density at radius 1 is 1.27 bits per heavy atom. The molecule has 0 unspecified atom stereocenters. The van der Waals surface area contributed by atoms with Crippen molar-refractivity contribution in [3.8, 4) is 11.5 Å². The Hall–Kier alpha value is -3.09. The first kappa shape index (κ1) is 15.3. The van der Waals surface area contributed by atoms with Gasteiger partial charge in [0.05, 0.1) is 29.4 Å². The second-order valence-electron chi connectivity index (χ2n) is 4.62. The molecule has 0 saturated carbocycles. The standard InChI is InChI=1S/C15H14N2O5/c1-9-3-6-13(18)11(7-9)15(19)16-12-5-4-10(17(20)21)8-14(12)22-2/h3-8,18H,1-2H3,(H,16,19). The molecule has 0 aromatic heterocycles. The van der Waals surface area contributed by atoms with Gasteiger partial charge in [-0.2, -0.15) is 0 Å². The number of amides is 1. The van der Waals surface area contributed by atoms with Crippen LogP contribution in [0.2, 0.25) is 0 Å². The number of rotatable bonds is 4. The van der Waals surface area contributed by atoms with Crippen LogP contribution in [0.5, 0.6) is 11.5 Å². The van der Waals surface area contributed by atoms with Gasteiger partial charge in [0, 0.05) is 6.07 Å². The number of carbonyl (C=O) groups excluding carboxylic acids is 1. The second-order valence-corrected chi connectivity index (χ2v) is 4.62. The van der Waals surface area contributed by atoms with E-state index in [1.54, 1.807) is 19.1 Å². The molecule has 0 aliphatic heterocycles. The van der Waals surface area contributed by atoms with Crippen LogP contribution in [0.4, 0.5) is 11.4 Å². The van der Waals surface area contributed by atoms with Crippen molar-refractivity contribution in [1.82, 2.24) is 0 Å². The van der Waals surface area contributed by atoms with Crippen molar-refractivity contribution < 1.29 is 19.6 Å². The van der Waals surface area contributed by atoms with E-state index in [-0.39, 0.29) is 28.4 Å². The van der Waals surface area contributed by atoms with E-state index in [0.717, 1.165) is 5.56 Å². The van der Waals surface area contributed by atoms with Crippen molar-refractivity contribution in [3.05, 3.63) is 57.6 Å². The van der Waals surface area contributed by atoms with Crippen LogP contribution in [0.25, 0.3) is 0 Å². The van der Waals surface area contributed by atoms with Crippen LogP contribution in [-0.4, -0.2) is 23.0 Å². The number of ether oxygens (including phenoxy) is 1. The first-order valence-electron chi connectivity index (χ1n) is 6.35. The third kappa shape index (κ3) is 3.14. The Balaban J connectivity index is 2.32. The van der Waals surface area contributed by atoms with E-state index in [1.165, 1.54) is 31.4 Å². The van der Waals surface area contributed by atoms with Crippen LogP contribution in [0.15, 0.2) is 36.4 Å². The molecule has 0 saturated heterocycles. The minimum atomic E-state index is -0.555. The lowest BCUT2D eigenvalue weighted by molar-refractivity contribution is -0.384. The van der Waals surface area contributed by atoms with Crippen LogP contribution < -0.4 is 10.1 Å². The molecule has 0 bridgehead atoms. The molecule has 0 fully saturated rings. The fourth-order valence-electron chi connectivity index (χ4n) is 1.92. The lowest BCUT2D eigenvalue weighted by Crippen LogP contribution is -2.13. The lowest BCUT2D eigenvalue weighted by Gasteiger charge is -2.11. The summed E-state index contributed by atoms with van der Waals surface area (Å²) in [5, 5.41) is 23.0. The highest BCUT2D eigenvalue weighted by atomic mass is 16.6. The van der Waals surface area contributed by atoms with Crippen molar-refractivity contribution in [3.63, 3.8) is 0 Å². The highest BCUT2D eigenvalue weighted by Crippen LogP contribution is 2.30. The molecule has 0 aliphatic carbocycles. The van der Waals surface area contributed by atoms with Gasteiger partial charge in [0.2, 0.25) is 0 Å². The SMILES string of the molecule is COc1cc([N+](=O)[O-])ccc1NC(=O)c1cc(C)ccc1O. The van der Waals surface area contributed by atoms with Crippen LogP contribution in [0, 0.1) is 17.0 Å². The monoisotopic (exact) mass is 302 g/mol. The molecule has 7 nitrogen and oxygen atoms in total. The molecule has 0 atom stereocenters. The number of nitrogens with zero attached hydrogens (tertiary/aromatic N) is 1. The van der Waals surface area contributed by atoms with Crippen molar-refractivity contribution >= 4 is 17.3 Å². The Bertz CT molecular complexity index is 743. The molecule has 2 rings (SSSR count). The molecule has 0 spiro atoms. The molecule has 0 radical (unpaired) electrons. The number of nitrogens with one attached hydrogen (secondary N) is 1. The zero-order valence-corrected chi connectivity index (χ0v) is 12.0. The summed E-state index contributed by atoms with van der Waals surface area (Å²) in [4.78, 5) is 22.4. The Kier molecular flexibility index (Phi) is 4.26. The Morgan fingerprint density at radius 2 is 2.00 bits per heavy atom. The lowest BCUT2D eigenvalue weighted by atomic mass is 10.1. The van der Waals surface area contributed by atoms with Gasteiger partial charge >= 0.3 is 0 Å². The summed E-state index contributed by atoms with van der Waals surface area (Å²) in [6.45, 7) is 1.79. The maximum absolute atomic E-state index is 12.2. The molecule has 1 amide bonds. The number of nitro groups is 1. The Morgan fingerprint density at radius 3 is 2.64 bits per heavy atom. The van der Waals surface area contributed by atoms with Gasteiger partial charge in [-0.3, -0.25) is 14.9 Å². The maximum atomic E-state index is 12.2. The molecular formula is C15H14N2O5. The van der Waals surface area contributed by atoms with E-state index >= 15 is 0 Å². The van der Waals surface area contributed by atoms with Gasteiger partial charge in [-0.05, 0) is 25.1 Å². The quantitative estimate of drug-likeness (QED) is 0.668. The third-order valence-corrected chi connectivity index (χ3v) is 3.04. The first-order chi connectivity index (χ1) is 10.4. The van der Waals surface area contributed by atoms with Crippen molar-refractivity contribution in [2.45, 2.75) is 6.92 Å². The zero-order valence-electron chi connectivity index (χ0n) is 12.0. The summed E-state index contributed by atoms with van der Waals surface area (Å²) in [6, 6.07) is 8.50. The minimum Gasteiger partial charge on any atom is -0.507 e. The summed E-state index contributed by atoms with van der Waals surface area (Å²) >= 11 is 0. The smallest absolute Gasteiger partial charge is 0.273 e. The molecule has 2 N–H and O–H groups in total. The zero-order chi connectivity index (χ0) is 16.3. The average molecular weight is 302 g/mol. The predicted octanol–water partition coefficient (Wildman–Crippen LogP) is 2.87. The Labute approximate surface area is 126 Å². The predicted molar refractivity (Wildman–Crippen MR) is 80.4 cm³/mol. The van der Waals surface area contributed by atoms with E-state index in [0.29, 0.717) is 0 Å². The number of phenolic OH excluding ortho intramolecular Hbond substituents is 1. The number of hydrogen-bond donors (Lipinski definition) is 2. The number of phenols is 1. The number of nitro benzene ring substituents is 1. The summed E-state index contributed by atoms with van der Waals surface area (Å²) in [5.74, 6) is -0.521. The number of non-ortho nitro benzene ring substituents is 1. The van der Waals surface area contributed by atoms with Crippen molar-refractivity contribution in [1.29, 1.82) is 0 Å². The van der Waals surface area contributed by atoms with E-state index in [4.69, 9.17) is 4.74 Å². The van der Waals surface area contributed by atoms with E-state index in [1.807, 2.05) is 0 Å². The number of methoxy groups -OCH3 is 1. The maximum Gasteiger partial charge on any atom is 0.273 e. The van der Waals surface area contributed by atoms with Gasteiger partial charge in [-0.15, -0.1) is 0 Å². The number of hydrogen-bond acceptors (Lipinski definition) is 5. The van der Waals surface area contributed by atoms with Crippen molar-refractivity contribution in [2.24, 2.45) is 0 Å². The van der Waals surface area contributed by atoms with Crippen LogP contribution in [0.1, 0.15) is 15.9 Å².